The van der Waals surface area contributed by atoms with Crippen molar-refractivity contribution in [1.82, 2.24) is 4.98 Å². The van der Waals surface area contributed by atoms with E-state index < -0.39 is 0 Å². The summed E-state index contributed by atoms with van der Waals surface area (Å²) in [5.41, 5.74) is 3.44. The third-order valence-electron chi connectivity index (χ3n) is 3.32. The van der Waals surface area contributed by atoms with E-state index in [0.29, 0.717) is 26.7 Å². The molecule has 7 heteroatoms. The van der Waals surface area contributed by atoms with Gasteiger partial charge in [-0.25, -0.2) is 10.8 Å². The molecule has 1 aromatic carbocycles. The van der Waals surface area contributed by atoms with Crippen molar-refractivity contribution in [2.45, 2.75) is 13.0 Å². The summed E-state index contributed by atoms with van der Waals surface area (Å²) in [6.07, 6.45) is 0. The fourth-order valence-corrected chi connectivity index (χ4v) is 2.85. The number of benzene rings is 1. The van der Waals surface area contributed by atoms with Crippen molar-refractivity contribution in [2.75, 3.05) is 17.4 Å². The first-order chi connectivity index (χ1) is 9.95. The van der Waals surface area contributed by atoms with Gasteiger partial charge in [0, 0.05) is 12.1 Å². The molecule has 0 bridgehead atoms. The molecule has 0 radical (unpaired) electrons. The lowest BCUT2D eigenvalue weighted by Crippen LogP contribution is -2.24. The molecule has 0 amide bonds. The molecule has 3 N–H and O–H groups in total. The summed E-state index contributed by atoms with van der Waals surface area (Å²) >= 11 is 18.5. The third kappa shape index (κ3) is 3.35. The van der Waals surface area contributed by atoms with Crippen molar-refractivity contribution in [3.8, 4) is 0 Å². The van der Waals surface area contributed by atoms with Gasteiger partial charge in [-0.3, -0.25) is 0 Å². The van der Waals surface area contributed by atoms with E-state index in [4.69, 9.17) is 40.6 Å². The summed E-state index contributed by atoms with van der Waals surface area (Å²) in [6.45, 7) is 2.02. The van der Waals surface area contributed by atoms with E-state index in [-0.39, 0.29) is 6.04 Å². The molecule has 2 rings (SSSR count). The lowest BCUT2D eigenvalue weighted by molar-refractivity contribution is 0.729. The molecular formula is C14H15Cl3N4. The molecule has 0 fully saturated rings. The molecular weight excluding hydrogens is 331 g/mol. The third-order valence-corrected chi connectivity index (χ3v) is 4.23. The van der Waals surface area contributed by atoms with E-state index in [1.54, 1.807) is 6.07 Å². The molecule has 21 heavy (non-hydrogen) atoms. The first kappa shape index (κ1) is 16.2. The fourth-order valence-electron chi connectivity index (χ4n) is 2.01. The second kappa shape index (κ2) is 6.71. The van der Waals surface area contributed by atoms with Gasteiger partial charge in [0.1, 0.15) is 5.82 Å². The van der Waals surface area contributed by atoms with Crippen molar-refractivity contribution in [3.63, 3.8) is 0 Å². The van der Waals surface area contributed by atoms with Crippen LogP contribution in [-0.2, 0) is 0 Å². The van der Waals surface area contributed by atoms with Gasteiger partial charge in [0.15, 0.2) is 5.82 Å². The maximum Gasteiger partial charge on any atom is 0.161 e. The second-order valence-electron chi connectivity index (χ2n) is 4.58. The predicted molar refractivity (Wildman–Crippen MR) is 90.3 cm³/mol. The lowest BCUT2D eigenvalue weighted by atomic mass is 10.1. The minimum absolute atomic E-state index is 0.0181. The number of anilines is 2. The zero-order valence-corrected chi connectivity index (χ0v) is 13.8. The Morgan fingerprint density at radius 3 is 2.43 bits per heavy atom. The highest BCUT2D eigenvalue weighted by Gasteiger charge is 2.19. The van der Waals surface area contributed by atoms with Gasteiger partial charge in [0.05, 0.1) is 16.1 Å². The van der Waals surface area contributed by atoms with E-state index in [0.717, 1.165) is 5.56 Å². The number of aromatic nitrogens is 1. The summed E-state index contributed by atoms with van der Waals surface area (Å²) in [6, 6.07) is 9.24. The maximum atomic E-state index is 6.24. The first-order valence-electron chi connectivity index (χ1n) is 6.25. The summed E-state index contributed by atoms with van der Waals surface area (Å²) in [5.74, 6) is 6.34. The van der Waals surface area contributed by atoms with Crippen molar-refractivity contribution in [3.05, 3.63) is 51.0 Å². The number of hydrazine groups is 1. The molecule has 1 unspecified atom stereocenters. The number of nitrogens with zero attached hydrogens (tertiary/aromatic N) is 2. The largest absolute Gasteiger partial charge is 0.352 e. The van der Waals surface area contributed by atoms with Crippen LogP contribution in [0, 0.1) is 0 Å². The minimum atomic E-state index is -0.0181. The Morgan fingerprint density at radius 2 is 1.81 bits per heavy atom. The number of nitrogens with two attached hydrogens (primary N) is 1. The zero-order valence-electron chi connectivity index (χ0n) is 11.6. The average molecular weight is 346 g/mol. The smallest absolute Gasteiger partial charge is 0.161 e. The molecule has 0 aliphatic rings. The Morgan fingerprint density at radius 1 is 1.14 bits per heavy atom. The molecule has 1 aromatic heterocycles. The van der Waals surface area contributed by atoms with Crippen molar-refractivity contribution >= 4 is 46.4 Å². The lowest BCUT2D eigenvalue weighted by Gasteiger charge is -2.28. The summed E-state index contributed by atoms with van der Waals surface area (Å²) in [7, 11) is 1.89. The minimum Gasteiger partial charge on any atom is -0.352 e. The van der Waals surface area contributed by atoms with Gasteiger partial charge in [-0.2, -0.15) is 0 Å². The van der Waals surface area contributed by atoms with Crippen LogP contribution in [0.3, 0.4) is 0 Å². The standard InChI is InChI=1S/C14H15Cl3N4/c1-8(9-5-3-4-6-10(9)15)21(2)14-12(17)7-11(16)13(19-14)20-18/h3-8H,18H2,1-2H3,(H,19,20). The van der Waals surface area contributed by atoms with Crippen LogP contribution >= 0.6 is 34.8 Å². The quantitative estimate of drug-likeness (QED) is 0.631. The van der Waals surface area contributed by atoms with Crippen LogP contribution in [0.2, 0.25) is 15.1 Å². The van der Waals surface area contributed by atoms with Gasteiger partial charge >= 0.3 is 0 Å². The maximum absolute atomic E-state index is 6.24. The van der Waals surface area contributed by atoms with Gasteiger partial charge in [-0.1, -0.05) is 53.0 Å². The van der Waals surface area contributed by atoms with Crippen LogP contribution in [-0.4, -0.2) is 12.0 Å². The second-order valence-corrected chi connectivity index (χ2v) is 5.80. The highest BCUT2D eigenvalue weighted by molar-refractivity contribution is 6.37. The molecule has 1 heterocycles. The number of nitrogens with one attached hydrogen (secondary N) is 1. The zero-order chi connectivity index (χ0) is 15.6. The van der Waals surface area contributed by atoms with Gasteiger partial charge in [0.2, 0.25) is 0 Å². The van der Waals surface area contributed by atoms with Crippen LogP contribution < -0.4 is 16.2 Å². The molecule has 0 aliphatic carbocycles. The summed E-state index contributed by atoms with van der Waals surface area (Å²) in [5, 5.41) is 1.50. The first-order valence-corrected chi connectivity index (χ1v) is 7.39. The number of hydrogen-bond acceptors (Lipinski definition) is 4. The van der Waals surface area contributed by atoms with Crippen LogP contribution in [0.4, 0.5) is 11.6 Å². The van der Waals surface area contributed by atoms with Gasteiger partial charge in [-0.05, 0) is 24.6 Å². The number of nitrogen functional groups attached to an aromatic ring is 1. The van der Waals surface area contributed by atoms with E-state index in [1.165, 1.54) is 0 Å². The van der Waals surface area contributed by atoms with Crippen molar-refractivity contribution in [1.29, 1.82) is 0 Å². The normalized spacial score (nSPS) is 12.1. The Labute approximate surface area is 138 Å². The number of rotatable bonds is 4. The van der Waals surface area contributed by atoms with Crippen LogP contribution in [0.25, 0.3) is 0 Å². The van der Waals surface area contributed by atoms with E-state index in [9.17, 15) is 0 Å². The highest BCUT2D eigenvalue weighted by Crippen LogP contribution is 2.35. The summed E-state index contributed by atoms with van der Waals surface area (Å²) < 4.78 is 0. The SMILES string of the molecule is CC(c1ccccc1Cl)N(C)c1nc(NN)c(Cl)cc1Cl. The molecule has 112 valence electrons. The average Bonchev–Trinajstić information content (AvgIpc) is 2.46. The highest BCUT2D eigenvalue weighted by atomic mass is 35.5. The van der Waals surface area contributed by atoms with Crippen LogP contribution in [0.5, 0.6) is 0 Å². The summed E-state index contributed by atoms with van der Waals surface area (Å²) in [4.78, 5) is 6.27. The Balaban J connectivity index is 2.40. The Hall–Kier alpha value is -1.20. The molecule has 0 spiro atoms. The molecule has 1 atom stereocenters. The van der Waals surface area contributed by atoms with Gasteiger partial charge in [-0.15, -0.1) is 0 Å². The fraction of sp³-hybridized carbons (Fsp3) is 0.214. The van der Waals surface area contributed by atoms with Gasteiger partial charge < -0.3 is 10.3 Å². The van der Waals surface area contributed by atoms with Crippen LogP contribution in [0.1, 0.15) is 18.5 Å². The van der Waals surface area contributed by atoms with Crippen LogP contribution in [0.15, 0.2) is 30.3 Å². The monoisotopic (exact) mass is 344 g/mol. The molecule has 0 saturated carbocycles. The molecule has 0 aliphatic heterocycles. The topological polar surface area (TPSA) is 54.2 Å². The van der Waals surface area contributed by atoms with E-state index in [1.807, 2.05) is 43.1 Å². The Kier molecular flexibility index (Phi) is 5.17. The van der Waals surface area contributed by atoms with Crippen molar-refractivity contribution < 1.29 is 0 Å². The molecule has 2 aromatic rings. The van der Waals surface area contributed by atoms with Crippen molar-refractivity contribution in [2.24, 2.45) is 5.84 Å². The molecule has 4 nitrogen and oxygen atoms in total. The molecule has 0 saturated heterocycles. The van der Waals surface area contributed by atoms with E-state index >= 15 is 0 Å². The van der Waals surface area contributed by atoms with E-state index in [2.05, 4.69) is 10.4 Å². The number of hydrogen-bond donors (Lipinski definition) is 2. The number of pyridine rings is 1. The Bertz CT molecular complexity index is 648. The number of halogens is 3. The van der Waals surface area contributed by atoms with Gasteiger partial charge in [0.25, 0.3) is 0 Å². The predicted octanol–water partition coefficient (Wildman–Crippen LogP) is 4.52.